The molecule has 13 nitrogen and oxygen atoms in total. The van der Waals surface area contributed by atoms with Gasteiger partial charge in [-0.05, 0) is 35.5 Å². The number of esters is 4. The smallest absolute Gasteiger partial charge is 0.354 e. The summed E-state index contributed by atoms with van der Waals surface area (Å²) in [5.74, 6) is -3.46. The van der Waals surface area contributed by atoms with Gasteiger partial charge in [0.05, 0.1) is 6.61 Å². The highest BCUT2D eigenvalue weighted by Gasteiger charge is 2.61. The topological polar surface area (TPSA) is 147 Å². The number of ether oxygens (including phenoxy) is 5. The molecule has 1 fully saturated rings. The third-order valence-corrected chi connectivity index (χ3v) is 14.0. The van der Waals surface area contributed by atoms with Crippen LogP contribution in [0, 0.1) is 0 Å². The lowest BCUT2D eigenvalue weighted by atomic mass is 9.97. The minimum atomic E-state index is -3.48. The Morgan fingerprint density at radius 1 is 0.863 bits per heavy atom. The second kappa shape index (κ2) is 16.3. The summed E-state index contributed by atoms with van der Waals surface area (Å²) in [4.78, 5) is 68.0. The van der Waals surface area contributed by atoms with Crippen LogP contribution in [-0.2, 0) is 52.1 Å². The summed E-state index contributed by atoms with van der Waals surface area (Å²) in [5, 5.41) is 1.19. The number of hydrogen-bond acceptors (Lipinski definition) is 12. The van der Waals surface area contributed by atoms with Gasteiger partial charge >= 0.3 is 23.9 Å². The molecule has 1 unspecified atom stereocenters. The van der Waals surface area contributed by atoms with Gasteiger partial charge in [0.2, 0.25) is 12.2 Å². The Labute approximate surface area is 299 Å². The summed E-state index contributed by atoms with van der Waals surface area (Å²) in [6, 6.07) is 18.1. The maximum atomic E-state index is 14.4. The lowest BCUT2D eigenvalue weighted by Crippen LogP contribution is -2.70. The summed E-state index contributed by atoms with van der Waals surface area (Å²) in [7, 11) is -0.415. The van der Waals surface area contributed by atoms with E-state index >= 15 is 0 Å². The zero-order chi connectivity index (χ0) is 37.7. The van der Waals surface area contributed by atoms with E-state index in [4.69, 9.17) is 28.1 Å². The number of amides is 1. The van der Waals surface area contributed by atoms with E-state index in [0.717, 1.165) is 15.3 Å². The molecule has 0 spiro atoms. The monoisotopic (exact) mass is 724 g/mol. The molecule has 1 amide bonds. The Morgan fingerprint density at radius 2 is 1.41 bits per heavy atom. The SMILES string of the molecule is CCOC(=O)C1=CCN(C)[C@H]([C@H](OC(C)=O)[C@H]2OC(OC(C)=O)[C@H](OC(C)=O)[C@@H]2O[Si](c2ccccc2)(c2ccccc2)C(C)(C)C)C(=O)N1C. The molecule has 276 valence electrons. The van der Waals surface area contributed by atoms with E-state index in [2.05, 4.69) is 20.8 Å². The molecule has 0 aliphatic carbocycles. The zero-order valence-corrected chi connectivity index (χ0v) is 31.6. The maximum Gasteiger partial charge on any atom is 0.354 e. The number of likely N-dealkylation sites (N-methyl/N-ethyl adjacent to an activating group) is 2. The van der Waals surface area contributed by atoms with Crippen molar-refractivity contribution < 1.29 is 52.1 Å². The van der Waals surface area contributed by atoms with Gasteiger partial charge in [0.1, 0.15) is 23.9 Å². The quantitative estimate of drug-likeness (QED) is 0.190. The molecule has 2 aromatic rings. The summed E-state index contributed by atoms with van der Waals surface area (Å²) in [6.07, 6.45) is -5.28. The van der Waals surface area contributed by atoms with Crippen LogP contribution in [0.4, 0.5) is 0 Å². The predicted octanol–water partition coefficient (Wildman–Crippen LogP) is 2.30. The first-order valence-electron chi connectivity index (χ1n) is 16.8. The molecular formula is C37H48N2O11Si. The summed E-state index contributed by atoms with van der Waals surface area (Å²) in [6.45, 7) is 11.6. The molecule has 51 heavy (non-hydrogen) atoms. The zero-order valence-electron chi connectivity index (χ0n) is 30.6. The van der Waals surface area contributed by atoms with Crippen LogP contribution in [0.2, 0.25) is 5.04 Å². The fourth-order valence-electron chi connectivity index (χ4n) is 6.82. The number of nitrogens with zero attached hydrogens (tertiary/aromatic N) is 2. The molecule has 0 N–H and O–H groups in total. The van der Waals surface area contributed by atoms with Crippen LogP contribution < -0.4 is 10.4 Å². The lowest BCUT2D eigenvalue weighted by molar-refractivity contribution is -0.204. The largest absolute Gasteiger partial charge is 0.461 e. The van der Waals surface area contributed by atoms with Gasteiger partial charge < -0.3 is 33.0 Å². The third-order valence-electron chi connectivity index (χ3n) is 8.93. The minimum Gasteiger partial charge on any atom is -0.461 e. The molecule has 0 saturated carbocycles. The van der Waals surface area contributed by atoms with Crippen molar-refractivity contribution in [2.75, 3.05) is 27.2 Å². The summed E-state index contributed by atoms with van der Waals surface area (Å²) >= 11 is 0. The van der Waals surface area contributed by atoms with Gasteiger partial charge in [-0.15, -0.1) is 0 Å². The van der Waals surface area contributed by atoms with E-state index in [0.29, 0.717) is 0 Å². The van der Waals surface area contributed by atoms with Crippen molar-refractivity contribution in [2.45, 2.75) is 90.3 Å². The molecule has 14 heteroatoms. The normalized spacial score (nSPS) is 23.5. The number of hydrogen-bond donors (Lipinski definition) is 0. The summed E-state index contributed by atoms with van der Waals surface area (Å²) in [5.41, 5.74) is 0.0146. The number of benzene rings is 2. The first-order chi connectivity index (χ1) is 24.0. The molecule has 2 aliphatic rings. The van der Waals surface area contributed by atoms with Crippen LogP contribution in [0.25, 0.3) is 0 Å². The second-order valence-corrected chi connectivity index (χ2v) is 17.8. The first kappa shape index (κ1) is 39.4. The Hall–Kier alpha value is -4.37. The molecule has 4 rings (SSSR count). The van der Waals surface area contributed by atoms with Crippen molar-refractivity contribution in [3.05, 3.63) is 72.4 Å². The van der Waals surface area contributed by atoms with Crippen LogP contribution in [0.15, 0.2) is 72.4 Å². The lowest BCUT2D eigenvalue weighted by Gasteiger charge is -2.46. The van der Waals surface area contributed by atoms with Gasteiger partial charge in [-0.2, -0.15) is 0 Å². The van der Waals surface area contributed by atoms with Gasteiger partial charge in [-0.1, -0.05) is 81.4 Å². The first-order valence-corrected chi connectivity index (χ1v) is 18.7. The average molecular weight is 725 g/mol. The highest BCUT2D eigenvalue weighted by atomic mass is 28.4. The van der Waals surface area contributed by atoms with Gasteiger partial charge in [0, 0.05) is 34.4 Å². The Kier molecular flexibility index (Phi) is 12.6. The fourth-order valence-corrected chi connectivity index (χ4v) is 11.5. The third kappa shape index (κ3) is 8.41. The fraction of sp³-hybridized carbons (Fsp3) is 0.486. The molecule has 1 saturated heterocycles. The van der Waals surface area contributed by atoms with E-state index < -0.39 is 79.9 Å². The van der Waals surface area contributed by atoms with Crippen molar-refractivity contribution >= 4 is 48.5 Å². The van der Waals surface area contributed by atoms with E-state index in [1.165, 1.54) is 27.8 Å². The predicted molar refractivity (Wildman–Crippen MR) is 188 cm³/mol. The Balaban J connectivity index is 1.97. The van der Waals surface area contributed by atoms with Crippen LogP contribution in [0.5, 0.6) is 0 Å². The summed E-state index contributed by atoms with van der Waals surface area (Å²) < 4.78 is 36.5. The highest BCUT2D eigenvalue weighted by molar-refractivity contribution is 6.99. The van der Waals surface area contributed by atoms with Gasteiger partial charge in [0.25, 0.3) is 8.32 Å². The van der Waals surface area contributed by atoms with E-state index in [-0.39, 0.29) is 18.8 Å². The molecule has 0 aromatic heterocycles. The Bertz CT molecular complexity index is 1570. The highest BCUT2D eigenvalue weighted by Crippen LogP contribution is 2.42. The van der Waals surface area contributed by atoms with Crippen molar-refractivity contribution in [2.24, 2.45) is 0 Å². The standard InChI is InChI=1S/C37H48N2O11Si/c1-10-45-35(44)28-21-22-38(8)29(34(43)39(28)9)30(46-23(2)40)31-32(33(47-24(3)41)36(49-31)48-25(4)42)50-51(37(5,6)7,26-17-13-11-14-18-26)27-19-15-12-16-20-27/h11-21,29-33,36H,10,22H2,1-9H3/t29-,30+,31-,32-,33-,36?/m1/s1. The number of carbonyl (C=O) groups is 5. The van der Waals surface area contributed by atoms with Crippen LogP contribution >= 0.6 is 0 Å². The molecule has 2 aliphatic heterocycles. The van der Waals surface area contributed by atoms with Crippen LogP contribution in [-0.4, -0.2) is 112 Å². The van der Waals surface area contributed by atoms with Crippen LogP contribution in [0.1, 0.15) is 48.5 Å². The Morgan fingerprint density at radius 3 is 1.88 bits per heavy atom. The molecule has 6 atom stereocenters. The van der Waals surface area contributed by atoms with Crippen molar-refractivity contribution in [3.8, 4) is 0 Å². The van der Waals surface area contributed by atoms with Crippen molar-refractivity contribution in [3.63, 3.8) is 0 Å². The maximum absolute atomic E-state index is 14.4. The van der Waals surface area contributed by atoms with Gasteiger partial charge in [-0.3, -0.25) is 24.1 Å². The number of rotatable bonds is 11. The van der Waals surface area contributed by atoms with E-state index in [9.17, 15) is 24.0 Å². The minimum absolute atomic E-state index is 0.0146. The molecule has 0 radical (unpaired) electrons. The van der Waals surface area contributed by atoms with E-state index in [1.807, 2.05) is 60.7 Å². The van der Waals surface area contributed by atoms with Crippen molar-refractivity contribution in [1.82, 2.24) is 9.80 Å². The van der Waals surface area contributed by atoms with Crippen molar-refractivity contribution in [1.29, 1.82) is 0 Å². The van der Waals surface area contributed by atoms with Crippen LogP contribution in [0.3, 0.4) is 0 Å². The van der Waals surface area contributed by atoms with Gasteiger partial charge in [0.15, 0.2) is 12.2 Å². The number of carbonyl (C=O) groups excluding carboxylic acids is 5. The molecule has 0 bridgehead atoms. The molecule has 2 heterocycles. The molecule has 2 aromatic carbocycles. The molecular weight excluding hydrogens is 676 g/mol. The average Bonchev–Trinajstić information content (AvgIpc) is 3.31. The van der Waals surface area contributed by atoms with Gasteiger partial charge in [-0.25, -0.2) is 4.79 Å². The second-order valence-electron chi connectivity index (χ2n) is 13.6. The van der Waals surface area contributed by atoms with E-state index in [1.54, 1.807) is 24.9 Å².